The molecule has 2 rings (SSSR count). The van der Waals surface area contributed by atoms with Crippen molar-refractivity contribution in [2.45, 2.75) is 44.6 Å². The van der Waals surface area contributed by atoms with Crippen LogP contribution in [0.5, 0.6) is 0 Å². The Hall–Kier alpha value is -1.39. The number of carboxylic acids is 1. The Balaban J connectivity index is 1.77. The summed E-state index contributed by atoms with van der Waals surface area (Å²) >= 11 is 0. The summed E-state index contributed by atoms with van der Waals surface area (Å²) in [4.78, 5) is 10.3. The van der Waals surface area contributed by atoms with Crippen molar-refractivity contribution in [2.24, 2.45) is 0 Å². The number of hydrogen-bond donors (Lipinski definition) is 1. The van der Waals surface area contributed by atoms with Crippen molar-refractivity contribution in [3.63, 3.8) is 0 Å². The van der Waals surface area contributed by atoms with Gasteiger partial charge in [0.05, 0.1) is 0 Å². The summed E-state index contributed by atoms with van der Waals surface area (Å²) in [5.41, 5.74) is 0. The average Bonchev–Trinajstić information content (AvgIpc) is 2.93. The van der Waals surface area contributed by atoms with Gasteiger partial charge in [0.15, 0.2) is 0 Å². The maximum atomic E-state index is 10.3. The summed E-state index contributed by atoms with van der Waals surface area (Å²) in [5.74, 6) is 0.279. The summed E-state index contributed by atoms with van der Waals surface area (Å²) in [5, 5.41) is 16.4. The second-order valence-electron chi connectivity index (χ2n) is 3.99. The summed E-state index contributed by atoms with van der Waals surface area (Å²) in [6, 6.07) is 0.606. The lowest BCUT2D eigenvalue weighted by Gasteiger charge is -2.03. The number of aryl methyl sites for hydroxylation is 1. The van der Waals surface area contributed by atoms with Crippen molar-refractivity contribution in [1.82, 2.24) is 14.8 Å². The molecule has 5 nitrogen and oxygen atoms in total. The molecule has 1 saturated carbocycles. The van der Waals surface area contributed by atoms with Crippen LogP contribution in [0.25, 0.3) is 0 Å². The Morgan fingerprint density at radius 1 is 1.53 bits per heavy atom. The molecule has 0 bridgehead atoms. The maximum absolute atomic E-state index is 10.3. The third-order valence-corrected chi connectivity index (χ3v) is 2.63. The van der Waals surface area contributed by atoms with E-state index in [1.807, 2.05) is 0 Å². The topological polar surface area (TPSA) is 68.0 Å². The highest BCUT2D eigenvalue weighted by Gasteiger charge is 2.25. The van der Waals surface area contributed by atoms with Gasteiger partial charge in [0, 0.05) is 18.9 Å². The van der Waals surface area contributed by atoms with Crippen molar-refractivity contribution in [1.29, 1.82) is 0 Å². The van der Waals surface area contributed by atoms with Crippen molar-refractivity contribution in [3.8, 4) is 0 Å². The van der Waals surface area contributed by atoms with E-state index in [-0.39, 0.29) is 6.42 Å². The Labute approximate surface area is 88.1 Å². The number of rotatable bonds is 6. The standard InChI is InChI=1S/C10H15N3O2/c14-10(15)4-2-1-3-9-12-11-7-13(9)8-5-6-8/h7-8H,1-6H2,(H,14,15). The number of carboxylic acid groups (broad SMARTS) is 1. The fourth-order valence-corrected chi connectivity index (χ4v) is 1.66. The van der Waals surface area contributed by atoms with Gasteiger partial charge in [-0.05, 0) is 25.7 Å². The van der Waals surface area contributed by atoms with Gasteiger partial charge < -0.3 is 9.67 Å². The number of nitrogens with zero attached hydrogens (tertiary/aromatic N) is 3. The van der Waals surface area contributed by atoms with Crippen molar-refractivity contribution < 1.29 is 9.90 Å². The zero-order chi connectivity index (χ0) is 10.7. The average molecular weight is 209 g/mol. The van der Waals surface area contributed by atoms with Crippen LogP contribution < -0.4 is 0 Å². The molecule has 1 heterocycles. The quantitative estimate of drug-likeness (QED) is 0.719. The predicted octanol–water partition coefficient (Wildman–Crippen LogP) is 1.41. The van der Waals surface area contributed by atoms with Gasteiger partial charge in [0.25, 0.3) is 0 Å². The minimum Gasteiger partial charge on any atom is -0.481 e. The molecule has 5 heteroatoms. The van der Waals surface area contributed by atoms with Crippen LogP contribution in [0, 0.1) is 0 Å². The number of aliphatic carboxylic acids is 1. The first-order chi connectivity index (χ1) is 7.27. The third-order valence-electron chi connectivity index (χ3n) is 2.63. The van der Waals surface area contributed by atoms with Gasteiger partial charge in [-0.2, -0.15) is 0 Å². The van der Waals surface area contributed by atoms with Crippen LogP contribution in [-0.2, 0) is 11.2 Å². The first kappa shape index (κ1) is 10.1. The van der Waals surface area contributed by atoms with E-state index in [4.69, 9.17) is 5.11 Å². The molecule has 0 aromatic carbocycles. The highest BCUT2D eigenvalue weighted by molar-refractivity contribution is 5.66. The smallest absolute Gasteiger partial charge is 0.303 e. The van der Waals surface area contributed by atoms with Gasteiger partial charge in [-0.15, -0.1) is 10.2 Å². The lowest BCUT2D eigenvalue weighted by atomic mass is 10.2. The molecule has 0 unspecified atom stereocenters. The van der Waals surface area contributed by atoms with E-state index < -0.39 is 5.97 Å². The van der Waals surface area contributed by atoms with Crippen LogP contribution in [0.1, 0.15) is 44.0 Å². The Morgan fingerprint density at radius 2 is 2.33 bits per heavy atom. The fourth-order valence-electron chi connectivity index (χ4n) is 1.66. The lowest BCUT2D eigenvalue weighted by molar-refractivity contribution is -0.137. The number of hydrogen-bond acceptors (Lipinski definition) is 3. The molecule has 0 saturated heterocycles. The van der Waals surface area contributed by atoms with Gasteiger partial charge in [-0.1, -0.05) is 0 Å². The molecule has 15 heavy (non-hydrogen) atoms. The minimum atomic E-state index is -0.723. The highest BCUT2D eigenvalue weighted by Crippen LogP contribution is 2.35. The SMILES string of the molecule is O=C(O)CCCCc1nncn1C1CC1. The van der Waals surface area contributed by atoms with Crippen LogP contribution in [0.15, 0.2) is 6.33 Å². The summed E-state index contributed by atoms with van der Waals surface area (Å²) in [7, 11) is 0. The van der Waals surface area contributed by atoms with Crippen molar-refractivity contribution in [3.05, 3.63) is 12.2 Å². The second-order valence-corrected chi connectivity index (χ2v) is 3.99. The molecule has 1 fully saturated rings. The van der Waals surface area contributed by atoms with E-state index in [2.05, 4.69) is 14.8 Å². The lowest BCUT2D eigenvalue weighted by Crippen LogP contribution is -2.01. The molecular weight excluding hydrogens is 194 g/mol. The molecule has 0 radical (unpaired) electrons. The zero-order valence-corrected chi connectivity index (χ0v) is 8.59. The van der Waals surface area contributed by atoms with Gasteiger partial charge >= 0.3 is 5.97 Å². The summed E-state index contributed by atoms with van der Waals surface area (Å²) in [6.45, 7) is 0. The Morgan fingerprint density at radius 3 is 3.00 bits per heavy atom. The largest absolute Gasteiger partial charge is 0.481 e. The molecular formula is C10H15N3O2. The van der Waals surface area contributed by atoms with Gasteiger partial charge in [-0.25, -0.2) is 0 Å². The molecule has 0 amide bonds. The highest BCUT2D eigenvalue weighted by atomic mass is 16.4. The third kappa shape index (κ3) is 2.78. The van der Waals surface area contributed by atoms with Crippen LogP contribution in [0.4, 0.5) is 0 Å². The van der Waals surface area contributed by atoms with Crippen LogP contribution >= 0.6 is 0 Å². The molecule has 0 aliphatic heterocycles. The van der Waals surface area contributed by atoms with Gasteiger partial charge in [0.1, 0.15) is 12.2 Å². The molecule has 1 N–H and O–H groups in total. The molecule has 1 aliphatic rings. The molecule has 82 valence electrons. The van der Waals surface area contributed by atoms with Gasteiger partial charge in [0.2, 0.25) is 0 Å². The summed E-state index contributed by atoms with van der Waals surface area (Å²) < 4.78 is 2.13. The number of aromatic nitrogens is 3. The van der Waals surface area contributed by atoms with E-state index in [9.17, 15) is 4.79 Å². The zero-order valence-electron chi connectivity index (χ0n) is 8.59. The van der Waals surface area contributed by atoms with E-state index in [1.165, 1.54) is 12.8 Å². The van der Waals surface area contributed by atoms with Crippen molar-refractivity contribution >= 4 is 5.97 Å². The first-order valence-electron chi connectivity index (χ1n) is 5.37. The molecule has 1 aromatic rings. The normalized spacial score (nSPS) is 15.5. The Bertz CT molecular complexity index is 344. The molecule has 1 aromatic heterocycles. The summed E-state index contributed by atoms with van der Waals surface area (Å²) in [6.07, 6.45) is 6.90. The van der Waals surface area contributed by atoms with Crippen LogP contribution in [0.2, 0.25) is 0 Å². The van der Waals surface area contributed by atoms with Crippen molar-refractivity contribution in [2.75, 3.05) is 0 Å². The molecule has 0 spiro atoms. The van der Waals surface area contributed by atoms with E-state index in [0.717, 1.165) is 18.7 Å². The van der Waals surface area contributed by atoms with E-state index in [0.29, 0.717) is 12.5 Å². The first-order valence-corrected chi connectivity index (χ1v) is 5.37. The van der Waals surface area contributed by atoms with E-state index >= 15 is 0 Å². The van der Waals surface area contributed by atoms with E-state index in [1.54, 1.807) is 6.33 Å². The monoisotopic (exact) mass is 209 g/mol. The predicted molar refractivity (Wildman–Crippen MR) is 53.5 cm³/mol. The van der Waals surface area contributed by atoms with Crippen LogP contribution in [0.3, 0.4) is 0 Å². The number of unbranched alkanes of at least 4 members (excludes halogenated alkanes) is 1. The molecule has 1 aliphatic carbocycles. The fraction of sp³-hybridized carbons (Fsp3) is 0.700. The number of carbonyl (C=O) groups is 1. The van der Waals surface area contributed by atoms with Crippen LogP contribution in [-0.4, -0.2) is 25.8 Å². The maximum Gasteiger partial charge on any atom is 0.303 e. The minimum absolute atomic E-state index is 0.248. The second kappa shape index (κ2) is 4.42. The Kier molecular flexibility index (Phi) is 2.99. The molecule has 0 atom stereocenters. The van der Waals surface area contributed by atoms with Gasteiger partial charge in [-0.3, -0.25) is 4.79 Å².